The van der Waals surface area contributed by atoms with E-state index in [1.807, 2.05) is 4.72 Å². The van der Waals surface area contributed by atoms with Gasteiger partial charge < -0.3 is 0 Å². The number of sulfonamides is 1. The Hall–Kier alpha value is -2.19. The van der Waals surface area contributed by atoms with Crippen LogP contribution in [0.2, 0.25) is 5.15 Å². The number of halogens is 1. The third-order valence-electron chi connectivity index (χ3n) is 2.66. The van der Waals surface area contributed by atoms with Gasteiger partial charge in [0.1, 0.15) is 5.15 Å². The molecule has 0 aliphatic heterocycles. The molecule has 2 N–H and O–H groups in total. The van der Waals surface area contributed by atoms with Crippen molar-refractivity contribution in [3.8, 4) is 0 Å². The second kappa shape index (κ2) is 6.29. The molecule has 2 aromatic rings. The van der Waals surface area contributed by atoms with Gasteiger partial charge in [-0.2, -0.15) is 0 Å². The molecule has 9 heteroatoms. The molecule has 0 bridgehead atoms. The zero-order valence-electron chi connectivity index (χ0n) is 11.8. The maximum absolute atomic E-state index is 12.1. The molecule has 0 aliphatic carbocycles. The largest absolute Gasteiger partial charge is 0.335 e. The van der Waals surface area contributed by atoms with E-state index in [1.54, 1.807) is 32.0 Å². The molecular formula is C13H13ClN4O3S. The molecule has 0 unspecified atom stereocenters. The lowest BCUT2D eigenvalue weighted by Gasteiger charge is -2.09. The summed E-state index contributed by atoms with van der Waals surface area (Å²) in [5, 5.41) is 2.38. The first-order valence-corrected chi connectivity index (χ1v) is 8.04. The van der Waals surface area contributed by atoms with Gasteiger partial charge in [0, 0.05) is 5.69 Å². The predicted octanol–water partition coefficient (Wildman–Crippen LogP) is 2.26. The van der Waals surface area contributed by atoms with E-state index in [9.17, 15) is 13.2 Å². The van der Waals surface area contributed by atoms with Gasteiger partial charge in [0.05, 0.1) is 4.90 Å². The van der Waals surface area contributed by atoms with Crippen molar-refractivity contribution < 1.29 is 13.2 Å². The lowest BCUT2D eigenvalue weighted by atomic mass is 10.2. The number of hydrogen-bond acceptors (Lipinski definition) is 5. The highest BCUT2D eigenvalue weighted by atomic mass is 35.5. The lowest BCUT2D eigenvalue weighted by Crippen LogP contribution is -2.35. The highest BCUT2D eigenvalue weighted by Crippen LogP contribution is 2.14. The van der Waals surface area contributed by atoms with E-state index in [-0.39, 0.29) is 16.0 Å². The van der Waals surface area contributed by atoms with Crippen molar-refractivity contribution in [2.45, 2.75) is 18.7 Å². The molecule has 0 aliphatic rings. The number of amides is 2. The number of urea groups is 1. The van der Waals surface area contributed by atoms with Crippen LogP contribution in [0.25, 0.3) is 0 Å². The fourth-order valence-electron chi connectivity index (χ4n) is 1.75. The van der Waals surface area contributed by atoms with E-state index in [0.717, 1.165) is 0 Å². The number of rotatable bonds is 3. The van der Waals surface area contributed by atoms with E-state index >= 15 is 0 Å². The molecule has 116 valence electrons. The molecule has 0 saturated carbocycles. The van der Waals surface area contributed by atoms with E-state index < -0.39 is 16.1 Å². The maximum Gasteiger partial charge on any atom is 0.335 e. The van der Waals surface area contributed by atoms with Gasteiger partial charge >= 0.3 is 6.03 Å². The van der Waals surface area contributed by atoms with Crippen LogP contribution in [0.5, 0.6) is 0 Å². The number of benzene rings is 1. The summed E-state index contributed by atoms with van der Waals surface area (Å²) in [6, 6.07) is 6.86. The first-order valence-electron chi connectivity index (χ1n) is 6.18. The second-order valence-electron chi connectivity index (χ2n) is 4.48. The molecule has 0 spiro atoms. The fourth-order valence-corrected chi connectivity index (χ4v) is 3.14. The number of aromatic nitrogens is 2. The van der Waals surface area contributed by atoms with Crippen molar-refractivity contribution in [3.05, 3.63) is 46.7 Å². The number of anilines is 1. The molecule has 0 saturated heterocycles. The summed E-state index contributed by atoms with van der Waals surface area (Å²) in [4.78, 5) is 19.5. The average molecular weight is 341 g/mol. The zero-order valence-corrected chi connectivity index (χ0v) is 13.4. The zero-order chi connectivity index (χ0) is 16.3. The van der Waals surface area contributed by atoms with Crippen LogP contribution < -0.4 is 10.0 Å². The minimum Gasteiger partial charge on any atom is -0.275 e. The smallest absolute Gasteiger partial charge is 0.275 e. The quantitative estimate of drug-likeness (QED) is 0.834. The van der Waals surface area contributed by atoms with Crippen LogP contribution in [0, 0.1) is 13.8 Å². The monoisotopic (exact) mass is 340 g/mol. The second-order valence-corrected chi connectivity index (χ2v) is 6.52. The Morgan fingerprint density at radius 3 is 2.50 bits per heavy atom. The van der Waals surface area contributed by atoms with Crippen LogP contribution >= 0.6 is 11.6 Å². The van der Waals surface area contributed by atoms with Gasteiger partial charge in [0.15, 0.2) is 0 Å². The van der Waals surface area contributed by atoms with Gasteiger partial charge in [0.25, 0.3) is 10.0 Å². The van der Waals surface area contributed by atoms with Crippen LogP contribution in [0.15, 0.2) is 35.2 Å². The van der Waals surface area contributed by atoms with Gasteiger partial charge in [-0.25, -0.2) is 27.9 Å². The summed E-state index contributed by atoms with van der Waals surface area (Å²) >= 11 is 5.74. The molecule has 0 radical (unpaired) electrons. The van der Waals surface area contributed by atoms with Crippen LogP contribution in [0.3, 0.4) is 0 Å². The van der Waals surface area contributed by atoms with Crippen molar-refractivity contribution in [2.75, 3.05) is 5.32 Å². The van der Waals surface area contributed by atoms with E-state index in [0.29, 0.717) is 11.3 Å². The first kappa shape index (κ1) is 16.2. The van der Waals surface area contributed by atoms with E-state index in [1.165, 1.54) is 12.1 Å². The number of aryl methyl sites for hydroxylation is 2. The Labute approximate surface area is 132 Å². The Kier molecular flexibility index (Phi) is 4.62. The topological polar surface area (TPSA) is 101 Å². The number of carbonyl (C=O) groups excluding carboxylic acids is 1. The molecule has 22 heavy (non-hydrogen) atoms. The van der Waals surface area contributed by atoms with Crippen molar-refractivity contribution in [1.29, 1.82) is 0 Å². The van der Waals surface area contributed by atoms with Crippen LogP contribution in [-0.4, -0.2) is 24.4 Å². The van der Waals surface area contributed by atoms with E-state index in [4.69, 9.17) is 11.6 Å². The average Bonchev–Trinajstić information content (AvgIpc) is 2.36. The number of hydrogen-bond donors (Lipinski definition) is 2. The van der Waals surface area contributed by atoms with Gasteiger partial charge in [-0.1, -0.05) is 29.8 Å². The van der Waals surface area contributed by atoms with Gasteiger partial charge in [-0.15, -0.1) is 0 Å². The van der Waals surface area contributed by atoms with E-state index in [2.05, 4.69) is 15.3 Å². The molecular weight excluding hydrogens is 328 g/mol. The molecule has 1 aromatic carbocycles. The van der Waals surface area contributed by atoms with Gasteiger partial charge in [0.2, 0.25) is 5.95 Å². The van der Waals surface area contributed by atoms with Crippen molar-refractivity contribution in [2.24, 2.45) is 0 Å². The van der Waals surface area contributed by atoms with Crippen molar-refractivity contribution in [1.82, 2.24) is 14.7 Å². The van der Waals surface area contributed by atoms with Crippen LogP contribution in [0.4, 0.5) is 10.7 Å². The minimum atomic E-state index is -3.98. The molecule has 1 aromatic heterocycles. The lowest BCUT2D eigenvalue weighted by molar-refractivity contribution is 0.256. The van der Waals surface area contributed by atoms with Crippen LogP contribution in [0.1, 0.15) is 11.3 Å². The number of nitrogens with zero attached hydrogens (tertiary/aromatic N) is 2. The summed E-state index contributed by atoms with van der Waals surface area (Å²) in [5.74, 6) is -0.0810. The number of nitrogens with one attached hydrogen (secondary N) is 2. The first-order chi connectivity index (χ1) is 10.3. The highest BCUT2D eigenvalue weighted by Gasteiger charge is 2.20. The number of carbonyl (C=O) groups is 1. The summed E-state index contributed by atoms with van der Waals surface area (Å²) in [7, 11) is -3.98. The summed E-state index contributed by atoms with van der Waals surface area (Å²) < 4.78 is 26.2. The third-order valence-corrected chi connectivity index (χ3v) is 4.34. The molecule has 7 nitrogen and oxygen atoms in total. The highest BCUT2D eigenvalue weighted by molar-refractivity contribution is 7.90. The predicted molar refractivity (Wildman–Crippen MR) is 82.3 cm³/mol. The third kappa shape index (κ3) is 3.92. The molecule has 2 amide bonds. The summed E-state index contributed by atoms with van der Waals surface area (Å²) in [6.07, 6.45) is 0. The molecule has 0 fully saturated rings. The summed E-state index contributed by atoms with van der Waals surface area (Å²) in [5.41, 5.74) is 1.06. The Bertz CT molecular complexity index is 804. The molecule has 1 heterocycles. The van der Waals surface area contributed by atoms with Crippen molar-refractivity contribution >= 4 is 33.6 Å². The van der Waals surface area contributed by atoms with Crippen molar-refractivity contribution in [3.63, 3.8) is 0 Å². The maximum atomic E-state index is 12.1. The molecule has 2 rings (SSSR count). The standard InChI is InChI=1S/C13H13ClN4O3S/c1-8-5-3-4-6-10(8)22(20,21)18-13(19)17-12-15-9(2)7-11(14)16-12/h3-7H,1-2H3,(H2,15,16,17,18,19). The Morgan fingerprint density at radius 1 is 1.18 bits per heavy atom. The van der Waals surface area contributed by atoms with Gasteiger partial charge in [-0.3, -0.25) is 5.32 Å². The summed E-state index contributed by atoms with van der Waals surface area (Å²) in [6.45, 7) is 3.30. The molecule has 0 atom stereocenters. The minimum absolute atomic E-state index is 0.0216. The normalized spacial score (nSPS) is 11.0. The van der Waals surface area contributed by atoms with Crippen LogP contribution in [-0.2, 0) is 10.0 Å². The Morgan fingerprint density at radius 2 is 1.86 bits per heavy atom. The van der Waals surface area contributed by atoms with Gasteiger partial charge in [-0.05, 0) is 31.5 Å². The SMILES string of the molecule is Cc1cc(Cl)nc(NC(=O)NS(=O)(=O)c2ccccc2C)n1. The Balaban J connectivity index is 2.16. The fraction of sp³-hybridized carbons (Fsp3) is 0.154.